The van der Waals surface area contributed by atoms with Crippen LogP contribution in [0.2, 0.25) is 0 Å². The van der Waals surface area contributed by atoms with E-state index in [4.69, 9.17) is 22.2 Å². The Hall–Kier alpha value is -1.64. The van der Waals surface area contributed by atoms with Gasteiger partial charge in [-0.25, -0.2) is 0 Å². The number of hydrogen-bond donors (Lipinski definition) is 1. The van der Waals surface area contributed by atoms with Crippen molar-refractivity contribution in [2.24, 2.45) is 0 Å². The average molecular weight is 275 g/mol. The zero-order chi connectivity index (χ0) is 13.8. The zero-order valence-corrected chi connectivity index (χ0v) is 12.0. The van der Waals surface area contributed by atoms with Gasteiger partial charge in [0.25, 0.3) is 0 Å². The number of H-pyrrole nitrogens is 1. The Morgan fingerprint density at radius 3 is 2.95 bits per heavy atom. The SMILES string of the molecule is CCCC(COC)n1c(=S)[nH]c2c(C#N)cccc21. The summed E-state index contributed by atoms with van der Waals surface area (Å²) in [5.41, 5.74) is 2.40. The molecule has 2 aromatic rings. The first-order chi connectivity index (χ1) is 9.22. The smallest absolute Gasteiger partial charge is 0.178 e. The fraction of sp³-hybridized carbons (Fsp3) is 0.429. The molecular formula is C14H17N3OS. The Morgan fingerprint density at radius 2 is 2.32 bits per heavy atom. The second-order valence-electron chi connectivity index (χ2n) is 4.51. The third-order valence-electron chi connectivity index (χ3n) is 3.22. The van der Waals surface area contributed by atoms with Crippen molar-refractivity contribution in [2.45, 2.75) is 25.8 Å². The van der Waals surface area contributed by atoms with Crippen molar-refractivity contribution in [3.63, 3.8) is 0 Å². The number of benzene rings is 1. The lowest BCUT2D eigenvalue weighted by atomic mass is 10.1. The first-order valence-corrected chi connectivity index (χ1v) is 6.76. The normalized spacial score (nSPS) is 12.5. The third kappa shape index (κ3) is 2.55. The maximum absolute atomic E-state index is 9.14. The number of nitrogens with zero attached hydrogens (tertiary/aromatic N) is 2. The second-order valence-corrected chi connectivity index (χ2v) is 4.90. The molecule has 0 radical (unpaired) electrons. The van der Waals surface area contributed by atoms with Gasteiger partial charge in [0.1, 0.15) is 6.07 Å². The summed E-state index contributed by atoms with van der Waals surface area (Å²) in [7, 11) is 1.70. The lowest BCUT2D eigenvalue weighted by Crippen LogP contribution is -2.14. The van der Waals surface area contributed by atoms with Crippen LogP contribution in [-0.2, 0) is 4.74 Å². The number of aromatic amines is 1. The molecule has 100 valence electrons. The predicted molar refractivity (Wildman–Crippen MR) is 77.7 cm³/mol. The van der Waals surface area contributed by atoms with Gasteiger partial charge in [0, 0.05) is 7.11 Å². The van der Waals surface area contributed by atoms with Crippen molar-refractivity contribution in [1.82, 2.24) is 9.55 Å². The number of aromatic nitrogens is 2. The number of ether oxygens (including phenoxy) is 1. The Morgan fingerprint density at radius 1 is 1.53 bits per heavy atom. The lowest BCUT2D eigenvalue weighted by Gasteiger charge is -2.18. The van der Waals surface area contributed by atoms with Crippen molar-refractivity contribution in [2.75, 3.05) is 13.7 Å². The molecule has 4 nitrogen and oxygen atoms in total. The largest absolute Gasteiger partial charge is 0.383 e. The molecule has 1 atom stereocenters. The van der Waals surface area contributed by atoms with Crippen molar-refractivity contribution >= 4 is 23.3 Å². The van der Waals surface area contributed by atoms with Crippen LogP contribution in [0.15, 0.2) is 18.2 Å². The summed E-state index contributed by atoms with van der Waals surface area (Å²) in [5.74, 6) is 0. The minimum atomic E-state index is 0.199. The Kier molecular flexibility index (Phi) is 4.35. The van der Waals surface area contributed by atoms with E-state index in [1.807, 2.05) is 12.1 Å². The van der Waals surface area contributed by atoms with Crippen LogP contribution in [-0.4, -0.2) is 23.3 Å². The minimum Gasteiger partial charge on any atom is -0.383 e. The molecule has 1 N–H and O–H groups in total. The molecule has 1 aromatic carbocycles. The quantitative estimate of drug-likeness (QED) is 0.849. The zero-order valence-electron chi connectivity index (χ0n) is 11.1. The molecule has 0 aliphatic rings. The fourth-order valence-electron chi connectivity index (χ4n) is 2.42. The van der Waals surface area contributed by atoms with E-state index in [2.05, 4.69) is 22.5 Å². The summed E-state index contributed by atoms with van der Waals surface area (Å²) in [6, 6.07) is 8.06. The maximum Gasteiger partial charge on any atom is 0.178 e. The first kappa shape index (κ1) is 13.8. The summed E-state index contributed by atoms with van der Waals surface area (Å²) in [4.78, 5) is 3.14. The number of methoxy groups -OCH3 is 1. The van der Waals surface area contributed by atoms with Crippen LogP contribution >= 0.6 is 12.2 Å². The maximum atomic E-state index is 9.14. The number of para-hydroxylation sites is 1. The molecule has 5 heteroatoms. The van der Waals surface area contributed by atoms with E-state index >= 15 is 0 Å². The summed E-state index contributed by atoms with van der Waals surface area (Å²) in [6.45, 7) is 2.76. The number of hydrogen-bond acceptors (Lipinski definition) is 3. The van der Waals surface area contributed by atoms with E-state index in [0.29, 0.717) is 16.9 Å². The van der Waals surface area contributed by atoms with E-state index < -0.39 is 0 Å². The van der Waals surface area contributed by atoms with Gasteiger partial charge in [-0.05, 0) is 30.8 Å². The highest BCUT2D eigenvalue weighted by Gasteiger charge is 2.16. The Balaban J connectivity index is 2.63. The van der Waals surface area contributed by atoms with Gasteiger partial charge < -0.3 is 14.3 Å². The van der Waals surface area contributed by atoms with Crippen LogP contribution in [0.5, 0.6) is 0 Å². The third-order valence-corrected chi connectivity index (χ3v) is 3.52. The van der Waals surface area contributed by atoms with Gasteiger partial charge in [-0.3, -0.25) is 0 Å². The lowest BCUT2D eigenvalue weighted by molar-refractivity contribution is 0.151. The number of imidazole rings is 1. The standard InChI is InChI=1S/C14H17N3OS/c1-3-5-11(9-18-2)17-12-7-4-6-10(8-15)13(12)16-14(17)19/h4,6-7,11H,3,5,9H2,1-2H3,(H,16,19). The highest BCUT2D eigenvalue weighted by molar-refractivity contribution is 7.71. The number of rotatable bonds is 5. The molecule has 0 saturated heterocycles. The van der Waals surface area contributed by atoms with Crippen LogP contribution in [0.4, 0.5) is 0 Å². The van der Waals surface area contributed by atoms with Crippen molar-refractivity contribution in [1.29, 1.82) is 5.26 Å². The second kappa shape index (κ2) is 6.00. The van der Waals surface area contributed by atoms with Gasteiger partial charge >= 0.3 is 0 Å². The molecule has 0 spiro atoms. The summed E-state index contributed by atoms with van der Waals surface area (Å²) >= 11 is 5.41. The number of nitrogens with one attached hydrogen (secondary N) is 1. The molecule has 1 heterocycles. The Labute approximate surface area is 117 Å². The van der Waals surface area contributed by atoms with Crippen molar-refractivity contribution in [3.8, 4) is 6.07 Å². The summed E-state index contributed by atoms with van der Waals surface area (Å²) < 4.78 is 8.01. The molecule has 0 fully saturated rings. The summed E-state index contributed by atoms with van der Waals surface area (Å²) in [5, 5.41) is 9.14. The molecule has 1 aromatic heterocycles. The van der Waals surface area contributed by atoms with Gasteiger partial charge in [0.15, 0.2) is 4.77 Å². The fourth-order valence-corrected chi connectivity index (χ4v) is 2.77. The molecule has 19 heavy (non-hydrogen) atoms. The number of nitriles is 1. The molecule has 0 bridgehead atoms. The van der Waals surface area contributed by atoms with Gasteiger partial charge in [0.05, 0.1) is 29.2 Å². The molecule has 1 unspecified atom stereocenters. The molecule has 0 amide bonds. The number of fused-ring (bicyclic) bond motifs is 1. The predicted octanol–water partition coefficient (Wildman–Crippen LogP) is 3.56. The molecule has 0 aliphatic carbocycles. The van der Waals surface area contributed by atoms with Gasteiger partial charge in [-0.15, -0.1) is 0 Å². The summed E-state index contributed by atoms with van der Waals surface area (Å²) in [6.07, 6.45) is 2.05. The van der Waals surface area contributed by atoms with E-state index in [-0.39, 0.29) is 6.04 Å². The van der Waals surface area contributed by atoms with Crippen LogP contribution in [0.1, 0.15) is 31.4 Å². The van der Waals surface area contributed by atoms with E-state index in [1.54, 1.807) is 13.2 Å². The molecule has 0 aliphatic heterocycles. The highest BCUT2D eigenvalue weighted by Crippen LogP contribution is 2.24. The van der Waals surface area contributed by atoms with Crippen molar-refractivity contribution in [3.05, 3.63) is 28.5 Å². The topological polar surface area (TPSA) is 53.7 Å². The van der Waals surface area contributed by atoms with Gasteiger partial charge in [-0.1, -0.05) is 19.4 Å². The van der Waals surface area contributed by atoms with Crippen LogP contribution in [0.25, 0.3) is 11.0 Å². The van der Waals surface area contributed by atoms with Crippen LogP contribution < -0.4 is 0 Å². The first-order valence-electron chi connectivity index (χ1n) is 6.35. The van der Waals surface area contributed by atoms with Crippen LogP contribution in [0, 0.1) is 16.1 Å². The molecule has 2 rings (SSSR count). The van der Waals surface area contributed by atoms with Gasteiger partial charge in [0.2, 0.25) is 0 Å². The average Bonchev–Trinajstić information content (AvgIpc) is 2.74. The Bertz CT molecular complexity index is 659. The van der Waals surface area contributed by atoms with Crippen molar-refractivity contribution < 1.29 is 4.74 Å². The van der Waals surface area contributed by atoms with Crippen LogP contribution in [0.3, 0.4) is 0 Å². The monoisotopic (exact) mass is 275 g/mol. The molecule has 0 saturated carbocycles. The van der Waals surface area contributed by atoms with E-state index in [9.17, 15) is 0 Å². The van der Waals surface area contributed by atoms with Gasteiger partial charge in [-0.2, -0.15) is 5.26 Å². The molecular weight excluding hydrogens is 258 g/mol. The minimum absolute atomic E-state index is 0.199. The van der Waals surface area contributed by atoms with E-state index in [0.717, 1.165) is 23.9 Å². The highest BCUT2D eigenvalue weighted by atomic mass is 32.1. The van der Waals surface area contributed by atoms with E-state index in [1.165, 1.54) is 0 Å².